The van der Waals surface area contributed by atoms with Gasteiger partial charge in [0.2, 0.25) is 23.1 Å². The van der Waals surface area contributed by atoms with Crippen LogP contribution in [0.2, 0.25) is 0 Å². The molecule has 0 fully saturated rings. The van der Waals surface area contributed by atoms with Gasteiger partial charge in [-0.1, -0.05) is 0 Å². The van der Waals surface area contributed by atoms with E-state index in [9.17, 15) is 19.8 Å². The van der Waals surface area contributed by atoms with Crippen molar-refractivity contribution in [3.05, 3.63) is 130 Å². The molecule has 0 radical (unpaired) electrons. The summed E-state index contributed by atoms with van der Waals surface area (Å²) in [6.45, 7) is 0. The lowest BCUT2D eigenvalue weighted by atomic mass is 10.0. The largest absolute Gasteiger partial charge is 0.508 e. The van der Waals surface area contributed by atoms with Crippen LogP contribution in [0.3, 0.4) is 0 Å². The predicted octanol–water partition coefficient (Wildman–Crippen LogP) is 9.39. The van der Waals surface area contributed by atoms with Gasteiger partial charge in [-0.2, -0.15) is 0 Å². The van der Waals surface area contributed by atoms with Crippen molar-refractivity contribution >= 4 is 11.6 Å². The first-order valence-electron chi connectivity index (χ1n) is 20.0. The smallest absolute Gasteiger partial charge is 0.233 e. The third kappa shape index (κ3) is 11.0. The van der Waals surface area contributed by atoms with Gasteiger partial charge in [0, 0.05) is 35.4 Å². The van der Waals surface area contributed by atoms with Crippen LogP contribution in [0.25, 0.3) is 0 Å². The number of carbonyl (C=O) groups is 2. The van der Waals surface area contributed by atoms with E-state index in [1.807, 2.05) is 24.3 Å². The number of hydrogen-bond acceptors (Lipinski definition) is 14. The number of phenolic OH excluding ortho intramolecular Hbond substituents is 2. The Kier molecular flexibility index (Phi) is 14.9. The van der Waals surface area contributed by atoms with Crippen molar-refractivity contribution in [2.24, 2.45) is 0 Å². The van der Waals surface area contributed by atoms with E-state index >= 15 is 0 Å². The maximum atomic E-state index is 14.0. The SMILES string of the molecule is COc1cc(OC)cc(C(=O)C(=O)c2cc(Oc3cc(O)cc(CCc4cc(OC)c(OC)c(OC)c4)c3)cc(Oc3cc(O)cc(CCc4cc(OC)c(OC)c(OC)c4)c3)c2)c1. The second-order valence-corrected chi connectivity index (χ2v) is 14.4. The molecule has 6 aromatic carbocycles. The Balaban J connectivity index is 1.31. The van der Waals surface area contributed by atoms with Gasteiger partial charge in [-0.25, -0.2) is 0 Å². The van der Waals surface area contributed by atoms with Gasteiger partial charge in [0.1, 0.15) is 46.0 Å². The third-order valence-corrected chi connectivity index (χ3v) is 10.2. The summed E-state index contributed by atoms with van der Waals surface area (Å²) in [6.07, 6.45) is 2.09. The average Bonchev–Trinajstić information content (AvgIpc) is 3.30. The first kappa shape index (κ1) is 45.8. The van der Waals surface area contributed by atoms with Crippen molar-refractivity contribution in [1.29, 1.82) is 0 Å². The topological polar surface area (TPSA) is 167 Å². The number of ether oxygens (including phenoxy) is 10. The van der Waals surface area contributed by atoms with E-state index in [0.29, 0.717) is 71.7 Å². The van der Waals surface area contributed by atoms with E-state index < -0.39 is 11.6 Å². The van der Waals surface area contributed by atoms with Gasteiger partial charge >= 0.3 is 0 Å². The highest BCUT2D eigenvalue weighted by Gasteiger charge is 2.23. The highest BCUT2D eigenvalue weighted by atomic mass is 16.5. The van der Waals surface area contributed by atoms with E-state index in [1.165, 1.54) is 70.9 Å². The van der Waals surface area contributed by atoms with Gasteiger partial charge in [0.25, 0.3) is 0 Å². The number of hydrogen-bond donors (Lipinski definition) is 2. The molecule has 0 heterocycles. The molecule has 14 nitrogen and oxygen atoms in total. The van der Waals surface area contributed by atoms with E-state index in [1.54, 1.807) is 58.8 Å². The lowest BCUT2D eigenvalue weighted by Crippen LogP contribution is -2.15. The molecule has 0 aromatic heterocycles. The molecular formula is C50H50O14. The van der Waals surface area contributed by atoms with Crippen LogP contribution < -0.4 is 47.4 Å². The molecule has 14 heteroatoms. The zero-order valence-corrected chi connectivity index (χ0v) is 36.9. The van der Waals surface area contributed by atoms with Crippen LogP contribution in [-0.2, 0) is 25.7 Å². The number of aromatic hydroxyl groups is 2. The van der Waals surface area contributed by atoms with Crippen molar-refractivity contribution < 1.29 is 67.2 Å². The summed E-state index contributed by atoms with van der Waals surface area (Å²) in [5, 5.41) is 21.6. The van der Waals surface area contributed by atoms with Gasteiger partial charge < -0.3 is 57.6 Å². The molecule has 334 valence electrons. The Morgan fingerprint density at radius 2 is 0.641 bits per heavy atom. The fourth-order valence-corrected chi connectivity index (χ4v) is 7.12. The summed E-state index contributed by atoms with van der Waals surface area (Å²) in [6, 6.07) is 25.9. The summed E-state index contributed by atoms with van der Waals surface area (Å²) in [5.74, 6) is 2.64. The highest BCUT2D eigenvalue weighted by molar-refractivity contribution is 6.49. The van der Waals surface area contributed by atoms with Gasteiger partial charge in [0.15, 0.2) is 23.0 Å². The zero-order valence-electron chi connectivity index (χ0n) is 36.9. The van der Waals surface area contributed by atoms with E-state index in [2.05, 4.69) is 0 Å². The van der Waals surface area contributed by atoms with Crippen LogP contribution in [0.5, 0.6) is 80.5 Å². The number of methoxy groups -OCH3 is 8. The number of rotatable bonds is 21. The molecule has 6 aromatic rings. The minimum absolute atomic E-state index is 0.0458. The second-order valence-electron chi connectivity index (χ2n) is 14.4. The molecule has 0 spiro atoms. The third-order valence-electron chi connectivity index (χ3n) is 10.2. The Hall–Kier alpha value is -7.74. The quantitative estimate of drug-likeness (QED) is 0.0519. The van der Waals surface area contributed by atoms with Gasteiger partial charge in [0.05, 0.1) is 56.9 Å². The minimum atomic E-state index is -0.866. The van der Waals surface area contributed by atoms with Crippen LogP contribution in [0.4, 0.5) is 0 Å². The lowest BCUT2D eigenvalue weighted by molar-refractivity contribution is 0.0816. The first-order valence-corrected chi connectivity index (χ1v) is 20.0. The molecule has 0 bridgehead atoms. The van der Waals surface area contributed by atoms with Gasteiger partial charge in [-0.05, 0) is 121 Å². The molecule has 0 saturated heterocycles. The Morgan fingerprint density at radius 1 is 0.344 bits per heavy atom. The molecule has 0 atom stereocenters. The predicted molar refractivity (Wildman–Crippen MR) is 238 cm³/mol. The van der Waals surface area contributed by atoms with Crippen LogP contribution >= 0.6 is 0 Å². The number of Topliss-reactive ketones (excluding diaryl/α,β-unsaturated/α-hetero) is 2. The summed E-state index contributed by atoms with van der Waals surface area (Å²) in [7, 11) is 12.2. The Bertz CT molecular complexity index is 2430. The molecule has 0 aliphatic rings. The fraction of sp³-hybridized carbons (Fsp3) is 0.240. The molecule has 0 saturated carbocycles. The van der Waals surface area contributed by atoms with Crippen LogP contribution in [0.15, 0.2) is 97.1 Å². The van der Waals surface area contributed by atoms with Crippen LogP contribution in [-0.4, -0.2) is 78.7 Å². The van der Waals surface area contributed by atoms with E-state index in [4.69, 9.17) is 47.4 Å². The molecule has 6 rings (SSSR count). The summed E-state index contributed by atoms with van der Waals surface area (Å²) in [5.41, 5.74) is 3.29. The monoisotopic (exact) mass is 874 g/mol. The van der Waals surface area contributed by atoms with Crippen molar-refractivity contribution in [2.75, 3.05) is 56.9 Å². The highest BCUT2D eigenvalue weighted by Crippen LogP contribution is 2.41. The zero-order chi connectivity index (χ0) is 45.9. The number of phenols is 2. The van der Waals surface area contributed by atoms with Crippen molar-refractivity contribution in [3.63, 3.8) is 0 Å². The number of carbonyl (C=O) groups excluding carboxylic acids is 2. The van der Waals surface area contributed by atoms with E-state index in [-0.39, 0.29) is 45.6 Å². The molecule has 2 N–H and O–H groups in total. The summed E-state index contributed by atoms with van der Waals surface area (Å²) >= 11 is 0. The number of benzene rings is 6. The van der Waals surface area contributed by atoms with Gasteiger partial charge in [-0.15, -0.1) is 0 Å². The minimum Gasteiger partial charge on any atom is -0.508 e. The molecule has 0 aliphatic heterocycles. The molecule has 0 amide bonds. The number of aryl methyl sites for hydroxylation is 4. The average molecular weight is 875 g/mol. The normalized spacial score (nSPS) is 10.7. The maximum absolute atomic E-state index is 14.0. The number of ketones is 2. The summed E-state index contributed by atoms with van der Waals surface area (Å²) in [4.78, 5) is 27.8. The Morgan fingerprint density at radius 3 is 0.953 bits per heavy atom. The van der Waals surface area contributed by atoms with Crippen molar-refractivity contribution in [3.8, 4) is 80.5 Å². The second kappa shape index (κ2) is 20.9. The molecule has 0 unspecified atom stereocenters. The molecular weight excluding hydrogens is 825 g/mol. The van der Waals surface area contributed by atoms with E-state index in [0.717, 1.165) is 22.3 Å². The molecule has 0 aliphatic carbocycles. The first-order chi connectivity index (χ1) is 30.9. The van der Waals surface area contributed by atoms with Crippen molar-refractivity contribution in [2.45, 2.75) is 25.7 Å². The van der Waals surface area contributed by atoms with Gasteiger partial charge in [-0.3, -0.25) is 9.59 Å². The molecule has 64 heavy (non-hydrogen) atoms. The van der Waals surface area contributed by atoms with Crippen LogP contribution in [0.1, 0.15) is 43.0 Å². The van der Waals surface area contributed by atoms with Crippen molar-refractivity contribution in [1.82, 2.24) is 0 Å². The fourth-order valence-electron chi connectivity index (χ4n) is 7.12. The Labute approximate surface area is 371 Å². The van der Waals surface area contributed by atoms with Crippen LogP contribution in [0, 0.1) is 0 Å². The standard InChI is InChI=1S/C50H50O14/c1-55-37-21-33(22-38(27-37)56-2)47(53)48(54)34-23-41(63-39-15-29(13-35(51)25-39)9-11-31-17-43(57-3)49(61-7)44(18-31)58-4)28-42(24-34)64-40-16-30(14-36(52)26-40)10-12-32-19-45(59-5)50(62-8)46(20-32)60-6/h13-28,51-52H,9-12H2,1-8H3. The lowest BCUT2D eigenvalue weighted by Gasteiger charge is -2.15. The summed E-state index contributed by atoms with van der Waals surface area (Å²) < 4.78 is 56.2. The maximum Gasteiger partial charge on any atom is 0.233 e.